The zero-order chi connectivity index (χ0) is 17.4. The summed E-state index contributed by atoms with van der Waals surface area (Å²) in [6.45, 7) is 1.02. The summed E-state index contributed by atoms with van der Waals surface area (Å²) >= 11 is 12.8. The van der Waals surface area contributed by atoms with Crippen LogP contribution in [0.2, 0.25) is 10.0 Å². The van der Waals surface area contributed by atoms with Crippen LogP contribution in [0.3, 0.4) is 0 Å². The standard InChI is InChI=1S/C19H19Cl2NO3/c20-15-7-3-1-5-13(15)17-22-18(14-6-2-4-8-16(14)21)25-12-19(22,9-10-23)11-24-17/h1-8,17-18,23H,9-12H2. The topological polar surface area (TPSA) is 41.9 Å². The van der Waals surface area contributed by atoms with Gasteiger partial charge in [0, 0.05) is 27.8 Å². The molecule has 2 fully saturated rings. The second kappa shape index (κ2) is 6.88. The molecule has 2 unspecified atom stereocenters. The lowest BCUT2D eigenvalue weighted by Crippen LogP contribution is -2.45. The van der Waals surface area contributed by atoms with Gasteiger partial charge in [0.2, 0.25) is 0 Å². The Balaban J connectivity index is 1.78. The SMILES string of the molecule is OCCC12COC(c3ccccc3Cl)N1C(c1ccccc1Cl)OC2. The molecule has 25 heavy (non-hydrogen) atoms. The number of halogens is 2. The molecule has 2 aliphatic heterocycles. The second-order valence-corrected chi connectivity index (χ2v) is 7.29. The minimum atomic E-state index is -0.386. The van der Waals surface area contributed by atoms with E-state index in [1.165, 1.54) is 0 Å². The molecule has 2 aliphatic rings. The van der Waals surface area contributed by atoms with E-state index < -0.39 is 0 Å². The Morgan fingerprint density at radius 2 is 1.40 bits per heavy atom. The number of aliphatic hydroxyl groups is 1. The molecule has 2 saturated heterocycles. The molecule has 0 radical (unpaired) electrons. The van der Waals surface area contributed by atoms with Crippen molar-refractivity contribution in [3.63, 3.8) is 0 Å². The molecule has 4 nitrogen and oxygen atoms in total. The van der Waals surface area contributed by atoms with Gasteiger partial charge in [-0.2, -0.15) is 0 Å². The number of fused-ring (bicyclic) bond motifs is 1. The van der Waals surface area contributed by atoms with E-state index in [9.17, 15) is 5.11 Å². The largest absolute Gasteiger partial charge is 0.396 e. The molecule has 0 saturated carbocycles. The second-order valence-electron chi connectivity index (χ2n) is 6.47. The Labute approximate surface area is 156 Å². The highest BCUT2D eigenvalue weighted by atomic mass is 35.5. The van der Waals surface area contributed by atoms with Crippen LogP contribution < -0.4 is 0 Å². The van der Waals surface area contributed by atoms with E-state index in [2.05, 4.69) is 4.90 Å². The number of nitrogens with zero attached hydrogens (tertiary/aromatic N) is 1. The van der Waals surface area contributed by atoms with Crippen LogP contribution in [0.4, 0.5) is 0 Å². The summed E-state index contributed by atoms with van der Waals surface area (Å²) in [7, 11) is 0. The van der Waals surface area contributed by atoms with E-state index in [4.69, 9.17) is 32.7 Å². The van der Waals surface area contributed by atoms with Crippen molar-refractivity contribution in [1.82, 2.24) is 4.90 Å². The smallest absolute Gasteiger partial charge is 0.141 e. The van der Waals surface area contributed by atoms with Crippen molar-refractivity contribution < 1.29 is 14.6 Å². The molecule has 6 heteroatoms. The van der Waals surface area contributed by atoms with Crippen LogP contribution in [0.25, 0.3) is 0 Å². The Kier molecular flexibility index (Phi) is 4.75. The lowest BCUT2D eigenvalue weighted by atomic mass is 9.96. The average molecular weight is 380 g/mol. The molecule has 132 valence electrons. The van der Waals surface area contributed by atoms with Crippen LogP contribution in [-0.2, 0) is 9.47 Å². The first kappa shape index (κ1) is 17.3. The van der Waals surface area contributed by atoms with Gasteiger partial charge >= 0.3 is 0 Å². The third-order valence-electron chi connectivity index (χ3n) is 4.99. The van der Waals surface area contributed by atoms with Crippen molar-refractivity contribution in [2.45, 2.75) is 24.4 Å². The molecule has 4 rings (SSSR count). The predicted molar refractivity (Wildman–Crippen MR) is 96.6 cm³/mol. The van der Waals surface area contributed by atoms with Gasteiger partial charge in [-0.25, -0.2) is 4.90 Å². The summed E-state index contributed by atoms with van der Waals surface area (Å²) < 4.78 is 12.3. The summed E-state index contributed by atoms with van der Waals surface area (Å²) in [4.78, 5) is 2.17. The molecular formula is C19H19Cl2NO3. The summed E-state index contributed by atoms with van der Waals surface area (Å²) in [6, 6.07) is 15.3. The monoisotopic (exact) mass is 379 g/mol. The van der Waals surface area contributed by atoms with Crippen molar-refractivity contribution in [1.29, 1.82) is 0 Å². The number of benzene rings is 2. The molecular weight excluding hydrogens is 361 g/mol. The number of hydrogen-bond donors (Lipinski definition) is 1. The molecule has 0 spiro atoms. The number of hydrogen-bond acceptors (Lipinski definition) is 4. The van der Waals surface area contributed by atoms with Crippen molar-refractivity contribution >= 4 is 23.2 Å². The highest BCUT2D eigenvalue weighted by molar-refractivity contribution is 6.31. The van der Waals surface area contributed by atoms with Crippen molar-refractivity contribution in [2.24, 2.45) is 0 Å². The third-order valence-corrected chi connectivity index (χ3v) is 5.68. The first-order valence-corrected chi connectivity index (χ1v) is 9.03. The van der Waals surface area contributed by atoms with E-state index in [0.29, 0.717) is 29.7 Å². The molecule has 0 amide bonds. The van der Waals surface area contributed by atoms with E-state index in [1.807, 2.05) is 48.5 Å². The summed E-state index contributed by atoms with van der Waals surface area (Å²) in [5.41, 5.74) is 1.40. The van der Waals surface area contributed by atoms with Gasteiger partial charge in [-0.15, -0.1) is 0 Å². The fourth-order valence-corrected chi connectivity index (χ4v) is 4.21. The molecule has 2 aromatic rings. The van der Waals surface area contributed by atoms with Gasteiger partial charge < -0.3 is 14.6 Å². The summed E-state index contributed by atoms with van der Waals surface area (Å²) in [5, 5.41) is 10.9. The van der Waals surface area contributed by atoms with Gasteiger partial charge in [0.15, 0.2) is 0 Å². The zero-order valence-electron chi connectivity index (χ0n) is 13.6. The minimum Gasteiger partial charge on any atom is -0.396 e. The van der Waals surface area contributed by atoms with Crippen LogP contribution in [0.1, 0.15) is 30.0 Å². The Morgan fingerprint density at radius 3 is 1.84 bits per heavy atom. The maximum absolute atomic E-state index is 9.60. The number of ether oxygens (including phenoxy) is 2. The highest BCUT2D eigenvalue weighted by Crippen LogP contribution is 2.51. The van der Waals surface area contributed by atoms with E-state index in [-0.39, 0.29) is 24.6 Å². The third kappa shape index (κ3) is 2.87. The summed E-state index contributed by atoms with van der Waals surface area (Å²) in [5.74, 6) is 0. The normalized spacial score (nSPS) is 29.1. The Hall–Kier alpha value is -1.14. The van der Waals surface area contributed by atoms with Gasteiger partial charge in [0.05, 0.1) is 18.8 Å². The molecule has 2 aromatic carbocycles. The van der Waals surface area contributed by atoms with Crippen LogP contribution in [-0.4, -0.2) is 35.4 Å². The van der Waals surface area contributed by atoms with Crippen LogP contribution in [0.5, 0.6) is 0 Å². The molecule has 0 bridgehead atoms. The first-order chi connectivity index (χ1) is 12.2. The first-order valence-electron chi connectivity index (χ1n) is 8.28. The maximum Gasteiger partial charge on any atom is 0.141 e. The summed E-state index contributed by atoms with van der Waals surface area (Å²) in [6.07, 6.45) is -0.123. The van der Waals surface area contributed by atoms with E-state index in [1.54, 1.807) is 0 Å². The quantitative estimate of drug-likeness (QED) is 0.865. The molecule has 0 aliphatic carbocycles. The highest BCUT2D eigenvalue weighted by Gasteiger charge is 2.56. The number of rotatable bonds is 4. The zero-order valence-corrected chi connectivity index (χ0v) is 15.1. The molecule has 1 N–H and O–H groups in total. The van der Waals surface area contributed by atoms with Crippen molar-refractivity contribution in [2.75, 3.05) is 19.8 Å². The van der Waals surface area contributed by atoms with Crippen molar-refractivity contribution in [3.05, 3.63) is 69.7 Å². The van der Waals surface area contributed by atoms with E-state index in [0.717, 1.165) is 11.1 Å². The van der Waals surface area contributed by atoms with E-state index >= 15 is 0 Å². The lowest BCUT2D eigenvalue weighted by molar-refractivity contribution is -0.0622. The maximum atomic E-state index is 9.60. The molecule has 2 atom stereocenters. The minimum absolute atomic E-state index is 0.0632. The fraction of sp³-hybridized carbons (Fsp3) is 0.368. The van der Waals surface area contributed by atoms with Gasteiger partial charge in [-0.05, 0) is 18.6 Å². The van der Waals surface area contributed by atoms with Gasteiger partial charge in [-0.1, -0.05) is 59.6 Å². The van der Waals surface area contributed by atoms with Gasteiger partial charge in [-0.3, -0.25) is 0 Å². The van der Waals surface area contributed by atoms with Gasteiger partial charge in [0.25, 0.3) is 0 Å². The fourth-order valence-electron chi connectivity index (χ4n) is 3.75. The Bertz CT molecular complexity index is 712. The van der Waals surface area contributed by atoms with Gasteiger partial charge in [0.1, 0.15) is 12.5 Å². The van der Waals surface area contributed by atoms with Crippen LogP contribution in [0, 0.1) is 0 Å². The number of aliphatic hydroxyl groups excluding tert-OH is 1. The predicted octanol–water partition coefficient (Wildman–Crippen LogP) is 4.17. The van der Waals surface area contributed by atoms with Crippen LogP contribution >= 0.6 is 23.2 Å². The molecule has 2 heterocycles. The van der Waals surface area contributed by atoms with Crippen molar-refractivity contribution in [3.8, 4) is 0 Å². The molecule has 0 aromatic heterocycles. The van der Waals surface area contributed by atoms with Crippen LogP contribution in [0.15, 0.2) is 48.5 Å². The average Bonchev–Trinajstić information content (AvgIpc) is 3.14. The Morgan fingerprint density at radius 1 is 0.920 bits per heavy atom. The lowest BCUT2D eigenvalue weighted by Gasteiger charge is -2.34.